The second kappa shape index (κ2) is 5.51. The summed E-state index contributed by atoms with van der Waals surface area (Å²) in [5.74, 6) is 0.776. The van der Waals surface area contributed by atoms with Gasteiger partial charge in [0.05, 0.1) is 19.4 Å². The van der Waals surface area contributed by atoms with Crippen molar-refractivity contribution in [1.82, 2.24) is 4.57 Å². The van der Waals surface area contributed by atoms with Crippen molar-refractivity contribution in [3.8, 4) is 5.75 Å². The maximum absolute atomic E-state index is 10.9. The second-order valence-electron chi connectivity index (χ2n) is 3.96. The Morgan fingerprint density at radius 3 is 2.83 bits per heavy atom. The minimum atomic E-state index is -0.0855. The summed E-state index contributed by atoms with van der Waals surface area (Å²) in [5.41, 5.74) is 2.30. The molecule has 1 aromatic heterocycles. The largest absolute Gasteiger partial charge is 0.497 e. The molecule has 2 aromatic rings. The van der Waals surface area contributed by atoms with Crippen molar-refractivity contribution in [2.45, 2.75) is 13.2 Å². The van der Waals surface area contributed by atoms with Crippen LogP contribution < -0.4 is 4.74 Å². The first-order chi connectivity index (χ1) is 8.78. The number of rotatable bonds is 5. The average Bonchev–Trinajstić information content (AvgIpc) is 2.81. The van der Waals surface area contributed by atoms with Crippen LogP contribution in [0.15, 0.2) is 36.4 Å². The van der Waals surface area contributed by atoms with Crippen molar-refractivity contribution in [3.63, 3.8) is 0 Å². The summed E-state index contributed by atoms with van der Waals surface area (Å²) < 4.78 is 6.95. The molecule has 0 unspecified atom stereocenters. The zero-order chi connectivity index (χ0) is 13.0. The van der Waals surface area contributed by atoms with Gasteiger partial charge >= 0.3 is 0 Å². The van der Waals surface area contributed by atoms with E-state index in [0.717, 1.165) is 23.3 Å². The molecule has 0 spiro atoms. The highest BCUT2D eigenvalue weighted by Gasteiger charge is 2.07. The van der Waals surface area contributed by atoms with E-state index in [-0.39, 0.29) is 6.61 Å². The number of carbonyl (C=O) groups excluding carboxylic acids is 1. The number of benzene rings is 1. The Morgan fingerprint density at radius 1 is 1.33 bits per heavy atom. The quantitative estimate of drug-likeness (QED) is 0.818. The number of aliphatic hydroxyl groups excluding tert-OH is 1. The van der Waals surface area contributed by atoms with Gasteiger partial charge < -0.3 is 14.4 Å². The first-order valence-corrected chi connectivity index (χ1v) is 5.66. The highest BCUT2D eigenvalue weighted by molar-refractivity contribution is 5.72. The number of aliphatic hydroxyl groups is 1. The maximum atomic E-state index is 10.9. The first-order valence-electron chi connectivity index (χ1n) is 5.66. The molecular weight excluding hydrogens is 230 g/mol. The number of nitrogens with zero attached hydrogens (tertiary/aromatic N) is 1. The highest BCUT2D eigenvalue weighted by Crippen LogP contribution is 2.16. The number of hydrogen-bond acceptors (Lipinski definition) is 3. The SMILES string of the molecule is COc1cccc(Cn2c(C=O)ccc2CO)c1. The summed E-state index contributed by atoms with van der Waals surface area (Å²) in [6, 6.07) is 11.1. The lowest BCUT2D eigenvalue weighted by atomic mass is 10.2. The molecule has 0 atom stereocenters. The second-order valence-corrected chi connectivity index (χ2v) is 3.96. The fourth-order valence-corrected chi connectivity index (χ4v) is 1.91. The summed E-state index contributed by atoms with van der Waals surface area (Å²) in [7, 11) is 1.62. The van der Waals surface area contributed by atoms with Gasteiger partial charge in [0.1, 0.15) is 5.75 Å². The Morgan fingerprint density at radius 2 is 2.17 bits per heavy atom. The number of aldehydes is 1. The minimum Gasteiger partial charge on any atom is -0.497 e. The Balaban J connectivity index is 2.32. The van der Waals surface area contributed by atoms with Crippen molar-refractivity contribution in [2.24, 2.45) is 0 Å². The lowest BCUT2D eigenvalue weighted by molar-refractivity contribution is 0.111. The molecule has 0 fully saturated rings. The monoisotopic (exact) mass is 245 g/mol. The molecule has 18 heavy (non-hydrogen) atoms. The third kappa shape index (κ3) is 2.43. The standard InChI is InChI=1S/C14H15NO3/c1-18-14-4-2-3-11(7-14)8-15-12(9-16)5-6-13(15)10-17/h2-7,9,17H,8,10H2,1H3. The zero-order valence-electron chi connectivity index (χ0n) is 10.2. The van der Waals surface area contributed by atoms with Gasteiger partial charge in [-0.05, 0) is 29.8 Å². The van der Waals surface area contributed by atoms with Crippen LogP contribution in [0.4, 0.5) is 0 Å². The highest BCUT2D eigenvalue weighted by atomic mass is 16.5. The lowest BCUT2D eigenvalue weighted by Crippen LogP contribution is -2.07. The Kier molecular flexibility index (Phi) is 3.79. The van der Waals surface area contributed by atoms with E-state index >= 15 is 0 Å². The molecule has 0 bridgehead atoms. The molecule has 1 aromatic carbocycles. The molecule has 1 heterocycles. The predicted octanol–water partition coefficient (Wildman–Crippen LogP) is 1.85. The fraction of sp³-hybridized carbons (Fsp3) is 0.214. The molecule has 0 aliphatic heterocycles. The van der Waals surface area contributed by atoms with E-state index in [2.05, 4.69) is 0 Å². The molecule has 94 valence electrons. The van der Waals surface area contributed by atoms with Crippen molar-refractivity contribution in [2.75, 3.05) is 7.11 Å². The van der Waals surface area contributed by atoms with E-state index < -0.39 is 0 Å². The van der Waals surface area contributed by atoms with Crippen LogP contribution >= 0.6 is 0 Å². The molecule has 0 radical (unpaired) electrons. The first kappa shape index (κ1) is 12.4. The van der Waals surface area contributed by atoms with Crippen LogP contribution in [0, 0.1) is 0 Å². The Hall–Kier alpha value is -2.07. The molecule has 0 saturated carbocycles. The maximum Gasteiger partial charge on any atom is 0.166 e. The van der Waals surface area contributed by atoms with Crippen LogP contribution in [0.3, 0.4) is 0 Å². The van der Waals surface area contributed by atoms with Crippen molar-refractivity contribution in [3.05, 3.63) is 53.3 Å². The van der Waals surface area contributed by atoms with Gasteiger partial charge in [-0.15, -0.1) is 0 Å². The van der Waals surface area contributed by atoms with Gasteiger partial charge in [0.25, 0.3) is 0 Å². The molecule has 0 amide bonds. The van der Waals surface area contributed by atoms with Gasteiger partial charge in [-0.25, -0.2) is 0 Å². The summed E-state index contributed by atoms with van der Waals surface area (Å²) in [6.07, 6.45) is 0.791. The molecule has 0 aliphatic rings. The van der Waals surface area contributed by atoms with E-state index in [1.807, 2.05) is 24.3 Å². The molecule has 2 rings (SSSR count). The van der Waals surface area contributed by atoms with E-state index in [4.69, 9.17) is 4.74 Å². The smallest absolute Gasteiger partial charge is 0.166 e. The molecule has 0 aliphatic carbocycles. The molecular formula is C14H15NO3. The van der Waals surface area contributed by atoms with Crippen LogP contribution in [0.1, 0.15) is 21.7 Å². The van der Waals surface area contributed by atoms with E-state index in [0.29, 0.717) is 12.2 Å². The topological polar surface area (TPSA) is 51.5 Å². The predicted molar refractivity (Wildman–Crippen MR) is 67.8 cm³/mol. The lowest BCUT2D eigenvalue weighted by Gasteiger charge is -2.10. The average molecular weight is 245 g/mol. The van der Waals surface area contributed by atoms with Crippen molar-refractivity contribution in [1.29, 1.82) is 0 Å². The molecule has 4 heteroatoms. The van der Waals surface area contributed by atoms with Crippen LogP contribution in [0.5, 0.6) is 5.75 Å². The van der Waals surface area contributed by atoms with Gasteiger partial charge in [-0.2, -0.15) is 0 Å². The third-order valence-electron chi connectivity index (χ3n) is 2.86. The third-order valence-corrected chi connectivity index (χ3v) is 2.86. The molecule has 0 saturated heterocycles. The van der Waals surface area contributed by atoms with Crippen LogP contribution in [0.2, 0.25) is 0 Å². The fourth-order valence-electron chi connectivity index (χ4n) is 1.91. The van der Waals surface area contributed by atoms with E-state index in [1.165, 1.54) is 0 Å². The van der Waals surface area contributed by atoms with E-state index in [9.17, 15) is 9.90 Å². The van der Waals surface area contributed by atoms with Crippen molar-refractivity contribution < 1.29 is 14.6 Å². The van der Waals surface area contributed by atoms with Crippen LogP contribution in [0.25, 0.3) is 0 Å². The number of hydrogen-bond donors (Lipinski definition) is 1. The molecule has 1 N–H and O–H groups in total. The van der Waals surface area contributed by atoms with Gasteiger partial charge in [0, 0.05) is 12.2 Å². The van der Waals surface area contributed by atoms with Crippen LogP contribution in [-0.2, 0) is 13.2 Å². The van der Waals surface area contributed by atoms with Gasteiger partial charge in [-0.3, -0.25) is 4.79 Å². The normalized spacial score (nSPS) is 10.3. The Bertz CT molecular complexity index is 546. The van der Waals surface area contributed by atoms with E-state index in [1.54, 1.807) is 23.8 Å². The number of carbonyl (C=O) groups is 1. The number of ether oxygens (including phenoxy) is 1. The number of aromatic nitrogens is 1. The van der Waals surface area contributed by atoms with Gasteiger partial charge in [0.15, 0.2) is 6.29 Å². The van der Waals surface area contributed by atoms with Crippen molar-refractivity contribution >= 4 is 6.29 Å². The summed E-state index contributed by atoms with van der Waals surface area (Å²) >= 11 is 0. The van der Waals surface area contributed by atoms with Gasteiger partial charge in [0.2, 0.25) is 0 Å². The molecule has 4 nitrogen and oxygen atoms in total. The van der Waals surface area contributed by atoms with Gasteiger partial charge in [-0.1, -0.05) is 12.1 Å². The summed E-state index contributed by atoms with van der Waals surface area (Å²) in [5, 5.41) is 9.24. The Labute approximate surface area is 105 Å². The number of methoxy groups -OCH3 is 1. The summed E-state index contributed by atoms with van der Waals surface area (Å²) in [4.78, 5) is 10.9. The minimum absolute atomic E-state index is 0.0855. The zero-order valence-corrected chi connectivity index (χ0v) is 10.2. The van der Waals surface area contributed by atoms with Crippen LogP contribution in [-0.4, -0.2) is 23.1 Å². The summed E-state index contributed by atoms with van der Waals surface area (Å²) in [6.45, 7) is 0.450.